The molecule has 0 saturated carbocycles. The minimum absolute atomic E-state index is 0.0360. The van der Waals surface area contributed by atoms with Crippen LogP contribution in [0.3, 0.4) is 0 Å². The first-order chi connectivity index (χ1) is 14.2. The molecule has 0 spiro atoms. The summed E-state index contributed by atoms with van der Waals surface area (Å²) in [4.78, 5) is 16.3. The molecular formula is C21H28N6O2. The van der Waals surface area contributed by atoms with Crippen molar-refractivity contribution in [1.82, 2.24) is 25.2 Å². The first-order valence-electron chi connectivity index (χ1n) is 10.1. The maximum atomic E-state index is 13.1. The summed E-state index contributed by atoms with van der Waals surface area (Å²) in [6.07, 6.45) is 10.4. The monoisotopic (exact) mass is 396 g/mol. The summed E-state index contributed by atoms with van der Waals surface area (Å²) >= 11 is 0. The maximum absolute atomic E-state index is 13.1. The maximum Gasteiger partial charge on any atom is 0.256 e. The Morgan fingerprint density at radius 3 is 2.86 bits per heavy atom. The van der Waals surface area contributed by atoms with E-state index in [1.54, 1.807) is 35.6 Å². The van der Waals surface area contributed by atoms with Gasteiger partial charge in [0.15, 0.2) is 0 Å². The van der Waals surface area contributed by atoms with E-state index in [0.29, 0.717) is 36.5 Å². The molecule has 3 rings (SSSR count). The Labute approximate surface area is 171 Å². The molecule has 8 nitrogen and oxygen atoms in total. The molecule has 1 aromatic heterocycles. The first kappa shape index (κ1) is 20.7. The molecule has 0 bridgehead atoms. The SMILES string of the molecule is CCN(CCC(=N)/C=C\NC1CCCCO1)C(=O)c1ccccc1-n1nccn1. The largest absolute Gasteiger partial charge is 0.366 e. The second-order valence-corrected chi connectivity index (χ2v) is 6.85. The topological polar surface area (TPSA) is 96.1 Å². The van der Waals surface area contributed by atoms with Crippen LogP contribution < -0.4 is 5.32 Å². The highest BCUT2D eigenvalue weighted by Gasteiger charge is 2.19. The molecule has 1 atom stereocenters. The number of hydrogen-bond acceptors (Lipinski definition) is 6. The van der Waals surface area contributed by atoms with E-state index in [0.717, 1.165) is 25.9 Å². The lowest BCUT2D eigenvalue weighted by Gasteiger charge is -2.23. The van der Waals surface area contributed by atoms with E-state index in [1.807, 2.05) is 25.1 Å². The van der Waals surface area contributed by atoms with Gasteiger partial charge in [-0.2, -0.15) is 15.0 Å². The van der Waals surface area contributed by atoms with Gasteiger partial charge in [-0.3, -0.25) is 4.79 Å². The van der Waals surface area contributed by atoms with Gasteiger partial charge in [0.1, 0.15) is 6.23 Å². The van der Waals surface area contributed by atoms with Gasteiger partial charge in [-0.15, -0.1) is 0 Å². The fourth-order valence-corrected chi connectivity index (χ4v) is 3.21. The lowest BCUT2D eigenvalue weighted by atomic mass is 10.1. The van der Waals surface area contributed by atoms with Crippen molar-refractivity contribution in [3.05, 3.63) is 54.5 Å². The van der Waals surface area contributed by atoms with Gasteiger partial charge < -0.3 is 20.4 Å². The fraction of sp³-hybridized carbons (Fsp3) is 0.429. The molecule has 1 amide bonds. The number of allylic oxidation sites excluding steroid dienone is 1. The number of nitrogens with one attached hydrogen (secondary N) is 2. The number of rotatable bonds is 9. The Morgan fingerprint density at radius 2 is 2.14 bits per heavy atom. The van der Waals surface area contributed by atoms with E-state index in [-0.39, 0.29) is 12.1 Å². The zero-order valence-electron chi connectivity index (χ0n) is 16.8. The molecule has 2 heterocycles. The molecular weight excluding hydrogens is 368 g/mol. The summed E-state index contributed by atoms with van der Waals surface area (Å²) in [5, 5.41) is 19.6. The van der Waals surface area contributed by atoms with E-state index >= 15 is 0 Å². The third-order valence-electron chi connectivity index (χ3n) is 4.83. The highest BCUT2D eigenvalue weighted by atomic mass is 16.5. The number of carbonyl (C=O) groups excluding carboxylic acids is 1. The van der Waals surface area contributed by atoms with Gasteiger partial charge in [0.05, 0.1) is 23.6 Å². The first-order valence-corrected chi connectivity index (χ1v) is 10.1. The summed E-state index contributed by atoms with van der Waals surface area (Å²) in [6, 6.07) is 7.29. The van der Waals surface area contributed by atoms with E-state index < -0.39 is 0 Å². The predicted molar refractivity (Wildman–Crippen MR) is 111 cm³/mol. The van der Waals surface area contributed by atoms with Crippen LogP contribution in [0.5, 0.6) is 0 Å². The van der Waals surface area contributed by atoms with Crippen molar-refractivity contribution in [2.24, 2.45) is 0 Å². The average Bonchev–Trinajstić information content (AvgIpc) is 3.29. The molecule has 1 fully saturated rings. The highest BCUT2D eigenvalue weighted by molar-refractivity contribution is 5.98. The summed E-state index contributed by atoms with van der Waals surface area (Å²) in [5.74, 6) is -0.0917. The van der Waals surface area contributed by atoms with Gasteiger partial charge in [0.2, 0.25) is 0 Å². The summed E-state index contributed by atoms with van der Waals surface area (Å²) < 4.78 is 5.60. The molecule has 29 heavy (non-hydrogen) atoms. The van der Waals surface area contributed by atoms with Crippen LogP contribution in [0.4, 0.5) is 0 Å². The number of ether oxygens (including phenoxy) is 1. The molecule has 2 aromatic rings. The van der Waals surface area contributed by atoms with Crippen molar-refractivity contribution >= 4 is 11.6 Å². The molecule has 1 aromatic carbocycles. The molecule has 1 saturated heterocycles. The van der Waals surface area contributed by atoms with Gasteiger partial charge in [0, 0.05) is 38.0 Å². The van der Waals surface area contributed by atoms with Crippen molar-refractivity contribution in [2.45, 2.75) is 38.8 Å². The Balaban J connectivity index is 1.56. The van der Waals surface area contributed by atoms with E-state index in [4.69, 9.17) is 10.1 Å². The van der Waals surface area contributed by atoms with Gasteiger partial charge in [0.25, 0.3) is 5.91 Å². The molecule has 1 aliphatic heterocycles. The van der Waals surface area contributed by atoms with Crippen LogP contribution >= 0.6 is 0 Å². The minimum atomic E-state index is -0.0917. The summed E-state index contributed by atoms with van der Waals surface area (Å²) in [5.41, 5.74) is 1.65. The van der Waals surface area contributed by atoms with Crippen molar-refractivity contribution in [1.29, 1.82) is 5.41 Å². The van der Waals surface area contributed by atoms with E-state index in [1.165, 1.54) is 4.80 Å². The minimum Gasteiger partial charge on any atom is -0.366 e. The average molecular weight is 396 g/mol. The van der Waals surface area contributed by atoms with Crippen LogP contribution in [0.2, 0.25) is 0 Å². The summed E-state index contributed by atoms with van der Waals surface area (Å²) in [7, 11) is 0. The molecule has 154 valence electrons. The predicted octanol–water partition coefficient (Wildman–Crippen LogP) is 2.77. The van der Waals surface area contributed by atoms with Crippen LogP contribution in [-0.4, -0.2) is 57.4 Å². The van der Waals surface area contributed by atoms with Crippen molar-refractivity contribution in [2.75, 3.05) is 19.7 Å². The van der Waals surface area contributed by atoms with E-state index in [2.05, 4.69) is 15.5 Å². The molecule has 1 aliphatic rings. The van der Waals surface area contributed by atoms with Crippen LogP contribution in [0.25, 0.3) is 5.69 Å². The zero-order valence-corrected chi connectivity index (χ0v) is 16.8. The molecule has 0 radical (unpaired) electrons. The Morgan fingerprint density at radius 1 is 1.34 bits per heavy atom. The van der Waals surface area contributed by atoms with Crippen LogP contribution in [-0.2, 0) is 4.74 Å². The Hall–Kier alpha value is -3.00. The molecule has 2 N–H and O–H groups in total. The van der Waals surface area contributed by atoms with Crippen molar-refractivity contribution in [3.8, 4) is 5.69 Å². The standard InChI is InChI=1S/C21H28N6O2/c1-2-26(15-11-17(22)10-12-23-20-9-5-6-16-29-20)21(28)18-7-3-4-8-19(18)27-24-13-14-25-27/h3-4,7-8,10,12-14,20,22-23H,2,5-6,9,11,15-16H2,1H3/b12-10-,22-17?. The third-order valence-corrected chi connectivity index (χ3v) is 4.83. The zero-order chi connectivity index (χ0) is 20.5. The number of nitrogens with zero attached hydrogens (tertiary/aromatic N) is 4. The van der Waals surface area contributed by atoms with Crippen molar-refractivity contribution < 1.29 is 9.53 Å². The molecule has 8 heteroatoms. The number of amides is 1. The van der Waals surface area contributed by atoms with Gasteiger partial charge in [-0.25, -0.2) is 0 Å². The number of para-hydroxylation sites is 1. The van der Waals surface area contributed by atoms with E-state index in [9.17, 15) is 4.79 Å². The third kappa shape index (κ3) is 5.74. The number of carbonyl (C=O) groups is 1. The lowest BCUT2D eigenvalue weighted by molar-refractivity contribution is 0.00339. The molecule has 1 unspecified atom stereocenters. The van der Waals surface area contributed by atoms with Gasteiger partial charge >= 0.3 is 0 Å². The lowest BCUT2D eigenvalue weighted by Crippen LogP contribution is -2.33. The van der Waals surface area contributed by atoms with Crippen LogP contribution in [0.15, 0.2) is 48.9 Å². The molecule has 0 aliphatic carbocycles. The quantitative estimate of drug-likeness (QED) is 0.636. The highest BCUT2D eigenvalue weighted by Crippen LogP contribution is 2.15. The van der Waals surface area contributed by atoms with Crippen LogP contribution in [0.1, 0.15) is 43.0 Å². The summed E-state index contributed by atoms with van der Waals surface area (Å²) in [6.45, 7) is 3.75. The fourth-order valence-electron chi connectivity index (χ4n) is 3.21. The van der Waals surface area contributed by atoms with Crippen molar-refractivity contribution in [3.63, 3.8) is 0 Å². The second-order valence-electron chi connectivity index (χ2n) is 6.85. The number of aromatic nitrogens is 3. The Bertz CT molecular complexity index is 827. The smallest absolute Gasteiger partial charge is 0.256 e. The Kier molecular flexibility index (Phi) is 7.52. The second kappa shape index (κ2) is 10.5. The normalized spacial score (nSPS) is 16.7. The van der Waals surface area contributed by atoms with Gasteiger partial charge in [-0.05, 0) is 44.4 Å². The number of benzene rings is 1. The number of hydrogen-bond donors (Lipinski definition) is 2. The van der Waals surface area contributed by atoms with Crippen LogP contribution in [0, 0.1) is 5.41 Å². The van der Waals surface area contributed by atoms with Gasteiger partial charge in [-0.1, -0.05) is 12.1 Å².